The van der Waals surface area contributed by atoms with Crippen LogP contribution in [-0.4, -0.2) is 36.3 Å². The molecule has 0 bridgehead atoms. The molecule has 2 aliphatic rings. The topological polar surface area (TPSA) is 49.4 Å². The molecule has 2 fully saturated rings. The number of hydrogen-bond donors (Lipinski definition) is 1. The monoisotopic (exact) mass is 238 g/mol. The summed E-state index contributed by atoms with van der Waals surface area (Å²) in [6.45, 7) is 2.77. The van der Waals surface area contributed by atoms with Gasteiger partial charge in [0.05, 0.1) is 5.92 Å². The fourth-order valence-corrected chi connectivity index (χ4v) is 3.00. The molecule has 0 spiro atoms. The molecule has 3 unspecified atom stereocenters. The predicted octanol–water partition coefficient (Wildman–Crippen LogP) is 1.16. The Morgan fingerprint density at radius 1 is 1.41 bits per heavy atom. The molecule has 3 atom stereocenters. The van der Waals surface area contributed by atoms with Gasteiger partial charge in [-0.3, -0.25) is 9.59 Å². The summed E-state index contributed by atoms with van der Waals surface area (Å²) in [5.41, 5.74) is 0. The summed E-state index contributed by atoms with van der Waals surface area (Å²) in [5, 5.41) is 2.73. The first kappa shape index (κ1) is 12.4. The molecule has 2 rings (SSSR count). The number of carbonyl (C=O) groups is 2. The van der Waals surface area contributed by atoms with Gasteiger partial charge in [0, 0.05) is 26.1 Å². The first-order valence-electron chi connectivity index (χ1n) is 6.61. The van der Waals surface area contributed by atoms with Gasteiger partial charge in [-0.15, -0.1) is 0 Å². The van der Waals surface area contributed by atoms with Crippen LogP contribution in [-0.2, 0) is 9.59 Å². The summed E-state index contributed by atoms with van der Waals surface area (Å²) >= 11 is 0. The lowest BCUT2D eigenvalue weighted by Gasteiger charge is -2.35. The molecule has 2 amide bonds. The first-order chi connectivity index (χ1) is 8.08. The highest BCUT2D eigenvalue weighted by Crippen LogP contribution is 2.28. The maximum atomic E-state index is 12.2. The molecule has 96 valence electrons. The van der Waals surface area contributed by atoms with Crippen LogP contribution in [0.25, 0.3) is 0 Å². The Bertz CT molecular complexity index is 317. The highest BCUT2D eigenvalue weighted by molar-refractivity contribution is 5.89. The van der Waals surface area contributed by atoms with Crippen molar-refractivity contribution in [2.45, 2.75) is 45.1 Å². The molecule has 0 aromatic heterocycles. The Morgan fingerprint density at radius 3 is 2.76 bits per heavy atom. The number of nitrogens with one attached hydrogen (secondary N) is 1. The average molecular weight is 238 g/mol. The van der Waals surface area contributed by atoms with Crippen molar-refractivity contribution in [2.75, 3.05) is 13.6 Å². The van der Waals surface area contributed by atoms with E-state index in [1.54, 1.807) is 0 Å². The number of amides is 2. The Labute approximate surface area is 103 Å². The van der Waals surface area contributed by atoms with Crippen molar-refractivity contribution < 1.29 is 9.59 Å². The summed E-state index contributed by atoms with van der Waals surface area (Å²) in [7, 11) is 1.90. The van der Waals surface area contributed by atoms with Gasteiger partial charge >= 0.3 is 0 Å². The van der Waals surface area contributed by atoms with Crippen molar-refractivity contribution in [3.8, 4) is 0 Å². The zero-order valence-corrected chi connectivity index (χ0v) is 10.7. The molecule has 1 saturated heterocycles. The molecular formula is C13H22N2O2. The van der Waals surface area contributed by atoms with Crippen molar-refractivity contribution >= 4 is 11.8 Å². The van der Waals surface area contributed by atoms with Crippen molar-refractivity contribution in [3.05, 3.63) is 0 Å². The Balaban J connectivity index is 1.92. The Morgan fingerprint density at radius 2 is 2.18 bits per heavy atom. The van der Waals surface area contributed by atoms with E-state index in [4.69, 9.17) is 0 Å². The average Bonchev–Trinajstić information content (AvgIpc) is 2.74. The standard InChI is InChI=1S/C13H22N2O2/c1-9-4-3-5-11(6-9)15(2)13(17)10-7-12(16)14-8-10/h9-11H,3-8H2,1-2H3,(H,14,16). The van der Waals surface area contributed by atoms with E-state index in [0.29, 0.717) is 24.9 Å². The molecule has 0 aromatic rings. The Hall–Kier alpha value is -1.06. The van der Waals surface area contributed by atoms with E-state index in [0.717, 1.165) is 12.8 Å². The van der Waals surface area contributed by atoms with Crippen LogP contribution in [0, 0.1) is 11.8 Å². The van der Waals surface area contributed by atoms with Gasteiger partial charge < -0.3 is 10.2 Å². The second-order valence-corrected chi connectivity index (χ2v) is 5.58. The first-order valence-corrected chi connectivity index (χ1v) is 6.61. The van der Waals surface area contributed by atoms with Gasteiger partial charge in [0.15, 0.2) is 0 Å². The molecule has 17 heavy (non-hydrogen) atoms. The number of carbonyl (C=O) groups excluding carboxylic acids is 2. The van der Waals surface area contributed by atoms with Crippen LogP contribution in [0.2, 0.25) is 0 Å². The minimum absolute atomic E-state index is 0.00811. The Kier molecular flexibility index (Phi) is 3.69. The quantitative estimate of drug-likeness (QED) is 0.785. The summed E-state index contributed by atoms with van der Waals surface area (Å²) in [6, 6.07) is 0.377. The largest absolute Gasteiger partial charge is 0.355 e. The normalized spacial score (nSPS) is 33.3. The molecule has 1 aliphatic heterocycles. The third-order valence-corrected chi connectivity index (χ3v) is 4.13. The minimum atomic E-state index is -0.135. The summed E-state index contributed by atoms with van der Waals surface area (Å²) in [6.07, 6.45) is 5.08. The summed E-state index contributed by atoms with van der Waals surface area (Å²) in [4.78, 5) is 25.2. The molecule has 0 radical (unpaired) electrons. The van der Waals surface area contributed by atoms with E-state index in [9.17, 15) is 9.59 Å². The third-order valence-electron chi connectivity index (χ3n) is 4.13. The number of rotatable bonds is 2. The third kappa shape index (κ3) is 2.79. The molecule has 0 aromatic carbocycles. The number of nitrogens with zero attached hydrogens (tertiary/aromatic N) is 1. The second-order valence-electron chi connectivity index (χ2n) is 5.58. The lowest BCUT2D eigenvalue weighted by Crippen LogP contribution is -2.43. The van der Waals surface area contributed by atoms with Gasteiger partial charge in [-0.05, 0) is 18.8 Å². The number of hydrogen-bond acceptors (Lipinski definition) is 2. The predicted molar refractivity (Wildman–Crippen MR) is 65.3 cm³/mol. The van der Waals surface area contributed by atoms with Crippen molar-refractivity contribution in [1.82, 2.24) is 10.2 Å². The lowest BCUT2D eigenvalue weighted by molar-refractivity contribution is -0.137. The summed E-state index contributed by atoms with van der Waals surface area (Å²) in [5.74, 6) is 0.730. The van der Waals surface area contributed by atoms with E-state index in [2.05, 4.69) is 12.2 Å². The zero-order chi connectivity index (χ0) is 12.4. The fraction of sp³-hybridized carbons (Fsp3) is 0.846. The SMILES string of the molecule is CC1CCCC(N(C)C(=O)C2CNC(=O)C2)C1. The minimum Gasteiger partial charge on any atom is -0.355 e. The van der Waals surface area contributed by atoms with Gasteiger partial charge in [-0.25, -0.2) is 0 Å². The molecule has 1 saturated carbocycles. The van der Waals surface area contributed by atoms with Gasteiger partial charge in [-0.2, -0.15) is 0 Å². The van der Waals surface area contributed by atoms with Crippen molar-refractivity contribution in [1.29, 1.82) is 0 Å². The van der Waals surface area contributed by atoms with Crippen LogP contribution in [0.5, 0.6) is 0 Å². The lowest BCUT2D eigenvalue weighted by atomic mass is 9.86. The van der Waals surface area contributed by atoms with Crippen LogP contribution in [0.3, 0.4) is 0 Å². The van der Waals surface area contributed by atoms with Gasteiger partial charge in [0.2, 0.25) is 11.8 Å². The molecule has 4 heteroatoms. The van der Waals surface area contributed by atoms with Gasteiger partial charge in [0.1, 0.15) is 0 Å². The molecule has 4 nitrogen and oxygen atoms in total. The van der Waals surface area contributed by atoms with Gasteiger partial charge in [0.25, 0.3) is 0 Å². The van der Waals surface area contributed by atoms with Gasteiger partial charge in [-0.1, -0.05) is 19.8 Å². The molecule has 1 heterocycles. The van der Waals surface area contributed by atoms with Crippen LogP contribution in [0.15, 0.2) is 0 Å². The van der Waals surface area contributed by atoms with Crippen molar-refractivity contribution in [3.63, 3.8) is 0 Å². The molecular weight excluding hydrogens is 216 g/mol. The molecule has 1 N–H and O–H groups in total. The summed E-state index contributed by atoms with van der Waals surface area (Å²) < 4.78 is 0. The highest BCUT2D eigenvalue weighted by atomic mass is 16.2. The maximum absolute atomic E-state index is 12.2. The van der Waals surface area contributed by atoms with E-state index in [1.165, 1.54) is 12.8 Å². The van der Waals surface area contributed by atoms with E-state index in [1.807, 2.05) is 11.9 Å². The van der Waals surface area contributed by atoms with Crippen LogP contribution >= 0.6 is 0 Å². The maximum Gasteiger partial charge on any atom is 0.227 e. The van der Waals surface area contributed by atoms with Crippen LogP contribution in [0.1, 0.15) is 39.0 Å². The smallest absolute Gasteiger partial charge is 0.227 e. The highest BCUT2D eigenvalue weighted by Gasteiger charge is 2.33. The second kappa shape index (κ2) is 5.07. The fourth-order valence-electron chi connectivity index (χ4n) is 3.00. The molecule has 1 aliphatic carbocycles. The van der Waals surface area contributed by atoms with Crippen molar-refractivity contribution in [2.24, 2.45) is 11.8 Å². The van der Waals surface area contributed by atoms with Crippen LogP contribution < -0.4 is 5.32 Å². The zero-order valence-electron chi connectivity index (χ0n) is 10.7. The van der Waals surface area contributed by atoms with Crippen LogP contribution in [0.4, 0.5) is 0 Å². The van der Waals surface area contributed by atoms with E-state index in [-0.39, 0.29) is 17.7 Å². The van der Waals surface area contributed by atoms with E-state index < -0.39 is 0 Å². The van der Waals surface area contributed by atoms with E-state index >= 15 is 0 Å².